The van der Waals surface area contributed by atoms with Crippen molar-refractivity contribution in [2.75, 3.05) is 11.9 Å². The number of ether oxygens (including phenoxy) is 1. The molecule has 0 amide bonds. The van der Waals surface area contributed by atoms with E-state index in [9.17, 15) is 9.18 Å². The number of hydrogen-bond donors (Lipinski definition) is 1. The predicted molar refractivity (Wildman–Crippen MR) is 126 cm³/mol. The molecule has 0 fully saturated rings. The average Bonchev–Trinajstić information content (AvgIpc) is 3.33. The molecule has 1 N–H and O–H groups in total. The number of esters is 1. The summed E-state index contributed by atoms with van der Waals surface area (Å²) >= 11 is 3.40. The van der Waals surface area contributed by atoms with Gasteiger partial charge in [-0.05, 0) is 65.9 Å². The minimum Gasteiger partial charge on any atom is -0.461 e. The molecule has 0 saturated carbocycles. The summed E-state index contributed by atoms with van der Waals surface area (Å²) in [6.07, 6.45) is 3.27. The van der Waals surface area contributed by atoms with Crippen molar-refractivity contribution in [2.24, 2.45) is 0 Å². The number of pyridine rings is 1. The third-order valence-corrected chi connectivity index (χ3v) is 6.26. The fourth-order valence-electron chi connectivity index (χ4n) is 3.30. The average molecular weight is 546 g/mol. The van der Waals surface area contributed by atoms with Crippen molar-refractivity contribution in [1.82, 2.24) is 9.55 Å². The zero-order valence-corrected chi connectivity index (χ0v) is 19.3. The van der Waals surface area contributed by atoms with Gasteiger partial charge in [-0.3, -0.25) is 4.98 Å². The minimum atomic E-state index is -0.524. The van der Waals surface area contributed by atoms with Crippen LogP contribution in [0.2, 0.25) is 0 Å². The van der Waals surface area contributed by atoms with Gasteiger partial charge in [0.25, 0.3) is 0 Å². The van der Waals surface area contributed by atoms with Crippen LogP contribution in [-0.4, -0.2) is 22.1 Å². The smallest absolute Gasteiger partial charge is 0.357 e. The molecule has 0 saturated heterocycles. The molecule has 0 radical (unpaired) electrons. The van der Waals surface area contributed by atoms with Gasteiger partial charge in [0.2, 0.25) is 0 Å². The quantitative estimate of drug-likeness (QED) is 0.249. The van der Waals surface area contributed by atoms with E-state index in [4.69, 9.17) is 10.00 Å². The second-order valence-corrected chi connectivity index (χ2v) is 8.96. The Morgan fingerprint density at radius 1 is 1.35 bits per heavy atom. The van der Waals surface area contributed by atoms with Crippen LogP contribution in [0.15, 0.2) is 48.8 Å². The molecule has 31 heavy (non-hydrogen) atoms. The second kappa shape index (κ2) is 9.03. The summed E-state index contributed by atoms with van der Waals surface area (Å²) in [7, 11) is 0. The number of carbonyl (C=O) groups excluding carboxylic acids is 1. The number of carbonyl (C=O) groups is 1. The van der Waals surface area contributed by atoms with Crippen molar-refractivity contribution < 1.29 is 13.9 Å². The number of anilines is 2. The van der Waals surface area contributed by atoms with Crippen LogP contribution in [0.3, 0.4) is 0 Å². The van der Waals surface area contributed by atoms with Crippen molar-refractivity contribution >= 4 is 62.2 Å². The molecular weight excluding hydrogens is 530 g/mol. The number of rotatable bonds is 6. The van der Waals surface area contributed by atoms with E-state index in [0.717, 1.165) is 14.0 Å². The molecular formula is C22H16FIN4O2S. The number of halogens is 2. The number of aromatic nitrogens is 2. The van der Waals surface area contributed by atoms with E-state index < -0.39 is 11.8 Å². The lowest BCUT2D eigenvalue weighted by molar-refractivity contribution is 0.0516. The molecule has 0 unspecified atom stereocenters. The maximum absolute atomic E-state index is 14.6. The summed E-state index contributed by atoms with van der Waals surface area (Å²) in [6.45, 7) is 2.29. The molecule has 3 heterocycles. The first-order valence-corrected chi connectivity index (χ1v) is 11.3. The Balaban J connectivity index is 1.90. The zero-order chi connectivity index (χ0) is 22.0. The Hall–Kier alpha value is -2.97. The minimum absolute atomic E-state index is 0.202. The van der Waals surface area contributed by atoms with Crippen LogP contribution in [0.5, 0.6) is 0 Å². The molecule has 0 aliphatic rings. The maximum atomic E-state index is 14.6. The molecule has 0 atom stereocenters. The molecule has 1 aromatic carbocycles. The molecule has 9 heteroatoms. The van der Waals surface area contributed by atoms with Crippen LogP contribution in [0.4, 0.5) is 15.8 Å². The lowest BCUT2D eigenvalue weighted by atomic mass is 10.2. The van der Waals surface area contributed by atoms with Crippen molar-refractivity contribution in [3.8, 4) is 6.07 Å². The Morgan fingerprint density at radius 2 is 2.19 bits per heavy atom. The fraction of sp³-hybridized carbons (Fsp3) is 0.136. The fourth-order valence-corrected chi connectivity index (χ4v) is 4.55. The van der Waals surface area contributed by atoms with Crippen molar-refractivity contribution in [2.45, 2.75) is 13.5 Å². The number of nitrogens with one attached hydrogen (secondary N) is 1. The van der Waals surface area contributed by atoms with Gasteiger partial charge in [-0.25, -0.2) is 9.18 Å². The molecule has 0 aliphatic carbocycles. The van der Waals surface area contributed by atoms with Crippen LogP contribution in [0, 0.1) is 20.7 Å². The van der Waals surface area contributed by atoms with Gasteiger partial charge < -0.3 is 14.6 Å². The highest BCUT2D eigenvalue weighted by atomic mass is 127. The zero-order valence-electron chi connectivity index (χ0n) is 16.4. The van der Waals surface area contributed by atoms with Crippen molar-refractivity contribution in [1.29, 1.82) is 5.26 Å². The summed E-state index contributed by atoms with van der Waals surface area (Å²) in [5.74, 6) is -0.951. The van der Waals surface area contributed by atoms with Gasteiger partial charge in [0.05, 0.1) is 30.0 Å². The third kappa shape index (κ3) is 4.26. The van der Waals surface area contributed by atoms with Crippen LogP contribution in [0.1, 0.15) is 27.2 Å². The highest BCUT2D eigenvalue weighted by Gasteiger charge is 2.25. The highest BCUT2D eigenvalue weighted by molar-refractivity contribution is 14.1. The lowest BCUT2D eigenvalue weighted by Crippen LogP contribution is -2.14. The van der Waals surface area contributed by atoms with Crippen LogP contribution < -0.4 is 5.32 Å². The standard InChI is InChI=1S/C22H16FIN4O2S/c1-2-30-22(29)21-20(27-18-6-3-13(24)9-17(18)23)16-11-26-8-7-19(16)28(21)12-15-5-4-14(10-25)31-15/h3-9,11,27H,2,12H2,1H3. The molecule has 0 spiro atoms. The Kier molecular flexibility index (Phi) is 6.20. The molecule has 4 rings (SSSR count). The summed E-state index contributed by atoms with van der Waals surface area (Å²) in [4.78, 5) is 18.7. The number of nitrogens with zero attached hydrogens (tertiary/aromatic N) is 3. The van der Waals surface area contributed by atoms with E-state index in [-0.39, 0.29) is 18.0 Å². The Labute approximate surface area is 195 Å². The van der Waals surface area contributed by atoms with Crippen LogP contribution in [-0.2, 0) is 11.3 Å². The summed E-state index contributed by atoms with van der Waals surface area (Å²) in [5.41, 5.74) is 1.70. The van der Waals surface area contributed by atoms with Gasteiger partial charge in [-0.2, -0.15) is 5.26 Å². The van der Waals surface area contributed by atoms with E-state index in [1.807, 2.05) is 33.2 Å². The topological polar surface area (TPSA) is 79.9 Å². The molecule has 4 aromatic rings. The van der Waals surface area contributed by atoms with E-state index >= 15 is 0 Å². The maximum Gasteiger partial charge on any atom is 0.357 e. The van der Waals surface area contributed by atoms with Gasteiger partial charge >= 0.3 is 5.97 Å². The van der Waals surface area contributed by atoms with Gasteiger partial charge in [-0.1, -0.05) is 0 Å². The first-order chi connectivity index (χ1) is 15.0. The molecule has 6 nitrogen and oxygen atoms in total. The Bertz CT molecular complexity index is 1330. The van der Waals surface area contributed by atoms with Gasteiger partial charge in [0.1, 0.15) is 16.8 Å². The lowest BCUT2D eigenvalue weighted by Gasteiger charge is -2.12. The van der Waals surface area contributed by atoms with Crippen molar-refractivity contribution in [3.05, 3.63) is 73.6 Å². The van der Waals surface area contributed by atoms with Crippen molar-refractivity contribution in [3.63, 3.8) is 0 Å². The third-order valence-electron chi connectivity index (χ3n) is 4.61. The second-order valence-electron chi connectivity index (χ2n) is 6.55. The monoisotopic (exact) mass is 546 g/mol. The number of fused-ring (bicyclic) bond motifs is 1. The summed E-state index contributed by atoms with van der Waals surface area (Å²) in [5, 5.41) is 12.9. The highest BCUT2D eigenvalue weighted by Crippen LogP contribution is 2.35. The van der Waals surface area contributed by atoms with Gasteiger partial charge in [-0.15, -0.1) is 11.3 Å². The number of nitriles is 1. The first-order valence-electron chi connectivity index (χ1n) is 9.36. The molecule has 3 aromatic heterocycles. The molecule has 0 aliphatic heterocycles. The van der Waals surface area contributed by atoms with Gasteiger partial charge in [0.15, 0.2) is 5.69 Å². The van der Waals surface area contributed by atoms with E-state index in [2.05, 4.69) is 16.4 Å². The summed E-state index contributed by atoms with van der Waals surface area (Å²) < 4.78 is 22.5. The first kappa shape index (κ1) is 21.3. The predicted octanol–water partition coefficient (Wildman–Crippen LogP) is 5.68. The van der Waals surface area contributed by atoms with E-state index in [1.54, 1.807) is 43.6 Å². The number of thiophene rings is 1. The summed E-state index contributed by atoms with van der Waals surface area (Å²) in [6, 6.07) is 12.4. The largest absolute Gasteiger partial charge is 0.461 e. The number of hydrogen-bond acceptors (Lipinski definition) is 6. The van der Waals surface area contributed by atoms with Crippen LogP contribution >= 0.6 is 33.9 Å². The van der Waals surface area contributed by atoms with Crippen LogP contribution in [0.25, 0.3) is 10.9 Å². The Morgan fingerprint density at radius 3 is 2.90 bits per heavy atom. The molecule has 0 bridgehead atoms. The van der Waals surface area contributed by atoms with E-state index in [0.29, 0.717) is 22.5 Å². The number of benzene rings is 1. The van der Waals surface area contributed by atoms with Gasteiger partial charge in [0, 0.05) is 26.2 Å². The van der Waals surface area contributed by atoms with E-state index in [1.165, 1.54) is 17.4 Å². The SMILES string of the molecule is CCOC(=O)c1c(Nc2ccc(I)cc2F)c2cnccc2n1Cc1ccc(C#N)s1. The molecule has 156 valence electrons. The normalized spacial score (nSPS) is 10.8.